The van der Waals surface area contributed by atoms with Crippen molar-refractivity contribution in [2.75, 3.05) is 25.0 Å². The summed E-state index contributed by atoms with van der Waals surface area (Å²) in [4.78, 5) is 14.7. The van der Waals surface area contributed by atoms with Crippen molar-refractivity contribution in [1.29, 1.82) is 0 Å². The molecule has 0 aliphatic carbocycles. The Hall–Kier alpha value is -1.51. The largest absolute Gasteiger partial charge is 0.385 e. The molecule has 21 heavy (non-hydrogen) atoms. The molecule has 1 atom stereocenters. The lowest BCUT2D eigenvalue weighted by molar-refractivity contribution is 0.0760. The first-order valence-electron chi connectivity index (χ1n) is 8.29. The van der Waals surface area contributed by atoms with E-state index in [2.05, 4.69) is 26.1 Å². The van der Waals surface area contributed by atoms with Crippen molar-refractivity contribution in [3.05, 3.63) is 29.3 Å². The van der Waals surface area contributed by atoms with Crippen molar-refractivity contribution in [3.63, 3.8) is 0 Å². The van der Waals surface area contributed by atoms with Crippen LogP contribution >= 0.6 is 0 Å². The van der Waals surface area contributed by atoms with Crippen LogP contribution in [0.15, 0.2) is 18.2 Å². The molecule has 0 spiro atoms. The monoisotopic (exact) mass is 288 g/mol. The summed E-state index contributed by atoms with van der Waals surface area (Å²) in [6, 6.07) is 6.00. The Balaban J connectivity index is 2.07. The maximum Gasteiger partial charge on any atom is 0.253 e. The van der Waals surface area contributed by atoms with Gasteiger partial charge in [-0.2, -0.15) is 0 Å². The number of hydrogen-bond acceptors (Lipinski definition) is 2. The van der Waals surface area contributed by atoms with Gasteiger partial charge in [0.25, 0.3) is 5.91 Å². The van der Waals surface area contributed by atoms with Gasteiger partial charge in [-0.25, -0.2) is 0 Å². The molecule has 1 aliphatic rings. The number of carbonyl (C=O) groups excluding carboxylic acids is 1. The molecule has 1 N–H and O–H groups in total. The second-order valence-electron chi connectivity index (χ2n) is 6.06. The molecule has 1 amide bonds. The molecule has 1 saturated heterocycles. The topological polar surface area (TPSA) is 32.3 Å². The first-order chi connectivity index (χ1) is 10.2. The Labute approximate surface area is 128 Å². The van der Waals surface area contributed by atoms with Crippen LogP contribution in [0, 0.1) is 12.8 Å². The lowest BCUT2D eigenvalue weighted by Gasteiger charge is -2.21. The van der Waals surface area contributed by atoms with Crippen LogP contribution in [-0.4, -0.2) is 30.4 Å². The predicted molar refractivity (Wildman–Crippen MR) is 88.9 cm³/mol. The van der Waals surface area contributed by atoms with Gasteiger partial charge >= 0.3 is 0 Å². The maximum absolute atomic E-state index is 12.7. The van der Waals surface area contributed by atoms with Crippen molar-refractivity contribution in [3.8, 4) is 0 Å². The Kier molecular flexibility index (Phi) is 5.66. The number of nitrogens with one attached hydrogen (secondary N) is 1. The van der Waals surface area contributed by atoms with Crippen molar-refractivity contribution in [2.45, 2.75) is 46.5 Å². The van der Waals surface area contributed by atoms with Crippen LogP contribution < -0.4 is 5.32 Å². The summed E-state index contributed by atoms with van der Waals surface area (Å²) in [5.41, 5.74) is 3.09. The first-order valence-corrected chi connectivity index (χ1v) is 8.29. The molecule has 0 bridgehead atoms. The highest BCUT2D eigenvalue weighted by Gasteiger charge is 2.21. The number of anilines is 1. The van der Waals surface area contributed by atoms with Gasteiger partial charge in [0.1, 0.15) is 0 Å². The second kappa shape index (κ2) is 7.48. The predicted octanol–water partition coefficient (Wildman–Crippen LogP) is 4.08. The highest BCUT2D eigenvalue weighted by atomic mass is 16.2. The zero-order valence-electron chi connectivity index (χ0n) is 13.6. The third kappa shape index (κ3) is 3.99. The molecule has 1 fully saturated rings. The molecule has 1 unspecified atom stereocenters. The number of hydrogen-bond donors (Lipinski definition) is 1. The van der Waals surface area contributed by atoms with E-state index in [1.54, 1.807) is 0 Å². The standard InChI is InChI=1S/C18H28N2O/c1-4-15-7-6-11-20(12-10-15)18(21)16-8-9-17(19-5-2)14(3)13-16/h8-9,13,15,19H,4-7,10-12H2,1-3H3. The lowest BCUT2D eigenvalue weighted by Crippen LogP contribution is -2.32. The number of amides is 1. The number of carbonyl (C=O) groups is 1. The molecule has 1 aliphatic heterocycles. The minimum absolute atomic E-state index is 0.193. The summed E-state index contributed by atoms with van der Waals surface area (Å²) in [6.07, 6.45) is 4.78. The molecule has 1 aromatic rings. The smallest absolute Gasteiger partial charge is 0.253 e. The van der Waals surface area contributed by atoms with Gasteiger partial charge in [0.2, 0.25) is 0 Å². The van der Waals surface area contributed by atoms with E-state index in [4.69, 9.17) is 0 Å². The summed E-state index contributed by atoms with van der Waals surface area (Å²) in [5.74, 6) is 0.985. The average molecular weight is 288 g/mol. The normalized spacial score (nSPS) is 19.2. The van der Waals surface area contributed by atoms with Crippen molar-refractivity contribution < 1.29 is 4.79 Å². The lowest BCUT2D eigenvalue weighted by atomic mass is 9.98. The van der Waals surface area contributed by atoms with Gasteiger partial charge in [-0.3, -0.25) is 4.79 Å². The van der Waals surface area contributed by atoms with Crippen molar-refractivity contribution in [2.24, 2.45) is 5.92 Å². The van der Waals surface area contributed by atoms with Gasteiger partial charge in [0.15, 0.2) is 0 Å². The minimum Gasteiger partial charge on any atom is -0.385 e. The molecule has 1 heterocycles. The Bertz CT molecular complexity index is 484. The average Bonchev–Trinajstić information content (AvgIpc) is 2.74. The van der Waals surface area contributed by atoms with Crippen LogP contribution in [-0.2, 0) is 0 Å². The zero-order valence-corrected chi connectivity index (χ0v) is 13.6. The number of rotatable bonds is 4. The molecule has 2 rings (SSSR count). The first kappa shape index (κ1) is 15.9. The van der Waals surface area contributed by atoms with E-state index in [1.165, 1.54) is 12.8 Å². The Morgan fingerprint density at radius 2 is 2.10 bits per heavy atom. The summed E-state index contributed by atoms with van der Waals surface area (Å²) in [5, 5.41) is 3.32. The van der Waals surface area contributed by atoms with Crippen LogP contribution in [0.3, 0.4) is 0 Å². The van der Waals surface area contributed by atoms with Crippen LogP contribution in [0.5, 0.6) is 0 Å². The molecule has 3 heteroatoms. The second-order valence-corrected chi connectivity index (χ2v) is 6.06. The van der Waals surface area contributed by atoms with E-state index in [9.17, 15) is 4.79 Å². The number of aryl methyl sites for hydroxylation is 1. The highest BCUT2D eigenvalue weighted by molar-refractivity contribution is 5.95. The molecule has 0 saturated carbocycles. The van der Waals surface area contributed by atoms with E-state index in [0.717, 1.165) is 55.2 Å². The molecule has 0 radical (unpaired) electrons. The third-order valence-electron chi connectivity index (χ3n) is 4.55. The van der Waals surface area contributed by atoms with E-state index >= 15 is 0 Å². The summed E-state index contributed by atoms with van der Waals surface area (Å²) >= 11 is 0. The van der Waals surface area contributed by atoms with Crippen molar-refractivity contribution in [1.82, 2.24) is 4.90 Å². The maximum atomic E-state index is 12.7. The van der Waals surface area contributed by atoms with Crippen LogP contribution in [0.1, 0.15) is 55.5 Å². The fourth-order valence-electron chi connectivity index (χ4n) is 3.14. The molecule has 0 aromatic heterocycles. The summed E-state index contributed by atoms with van der Waals surface area (Å²) in [6.45, 7) is 9.11. The molecule has 1 aromatic carbocycles. The van der Waals surface area contributed by atoms with Crippen LogP contribution in [0.4, 0.5) is 5.69 Å². The van der Waals surface area contributed by atoms with Gasteiger partial charge in [-0.1, -0.05) is 13.3 Å². The Morgan fingerprint density at radius 3 is 2.76 bits per heavy atom. The number of likely N-dealkylation sites (tertiary alicyclic amines) is 1. The van der Waals surface area contributed by atoms with Crippen LogP contribution in [0.2, 0.25) is 0 Å². The van der Waals surface area contributed by atoms with Gasteiger partial charge in [-0.05, 0) is 62.8 Å². The summed E-state index contributed by atoms with van der Waals surface area (Å²) < 4.78 is 0. The summed E-state index contributed by atoms with van der Waals surface area (Å²) in [7, 11) is 0. The Morgan fingerprint density at radius 1 is 1.29 bits per heavy atom. The fraction of sp³-hybridized carbons (Fsp3) is 0.611. The minimum atomic E-state index is 0.193. The SMILES string of the molecule is CCNc1ccc(C(=O)N2CCCC(CC)CC2)cc1C. The van der Waals surface area contributed by atoms with Gasteiger partial charge in [-0.15, -0.1) is 0 Å². The third-order valence-corrected chi connectivity index (χ3v) is 4.55. The van der Waals surface area contributed by atoms with Gasteiger partial charge in [0.05, 0.1) is 0 Å². The molecule has 3 nitrogen and oxygen atoms in total. The molecule has 116 valence electrons. The number of benzene rings is 1. The number of nitrogens with zero attached hydrogens (tertiary/aromatic N) is 1. The zero-order chi connectivity index (χ0) is 15.2. The van der Waals surface area contributed by atoms with E-state index in [1.807, 2.05) is 23.1 Å². The van der Waals surface area contributed by atoms with Gasteiger partial charge in [0, 0.05) is 30.9 Å². The van der Waals surface area contributed by atoms with E-state index < -0.39 is 0 Å². The van der Waals surface area contributed by atoms with E-state index in [0.29, 0.717) is 0 Å². The quantitative estimate of drug-likeness (QED) is 0.905. The fourth-order valence-corrected chi connectivity index (χ4v) is 3.14. The van der Waals surface area contributed by atoms with Gasteiger partial charge < -0.3 is 10.2 Å². The van der Waals surface area contributed by atoms with Crippen molar-refractivity contribution >= 4 is 11.6 Å². The molecular weight excluding hydrogens is 260 g/mol. The highest BCUT2D eigenvalue weighted by Crippen LogP contribution is 2.22. The molecular formula is C18H28N2O. The van der Waals surface area contributed by atoms with Crippen LogP contribution in [0.25, 0.3) is 0 Å². The van der Waals surface area contributed by atoms with E-state index in [-0.39, 0.29) is 5.91 Å².